The fourth-order valence-electron chi connectivity index (χ4n) is 2.58. The summed E-state index contributed by atoms with van der Waals surface area (Å²) in [4.78, 5) is 0. The van der Waals surface area contributed by atoms with Crippen LogP contribution in [0.25, 0.3) is 0 Å². The molecule has 1 aromatic rings. The van der Waals surface area contributed by atoms with E-state index in [0.717, 1.165) is 31.8 Å². The van der Waals surface area contributed by atoms with E-state index >= 15 is 0 Å². The third-order valence-corrected chi connectivity index (χ3v) is 3.40. The van der Waals surface area contributed by atoms with E-state index in [1.165, 1.54) is 11.1 Å². The van der Waals surface area contributed by atoms with E-state index in [-0.39, 0.29) is 0 Å². The molecular weight excluding hydrogens is 226 g/mol. The van der Waals surface area contributed by atoms with Crippen LogP contribution in [-0.2, 0) is 4.74 Å². The summed E-state index contributed by atoms with van der Waals surface area (Å²) in [5.74, 6) is 1.07. The second-order valence-electron chi connectivity index (χ2n) is 5.06. The Bertz CT molecular complexity index is 392. The van der Waals surface area contributed by atoms with Crippen molar-refractivity contribution >= 4 is 0 Å². The van der Waals surface area contributed by atoms with Crippen molar-refractivity contribution in [2.24, 2.45) is 0 Å². The van der Waals surface area contributed by atoms with Crippen molar-refractivity contribution in [1.29, 1.82) is 0 Å². The topological polar surface area (TPSA) is 30.5 Å². The monoisotopic (exact) mass is 249 g/mol. The number of hydrogen-bond acceptors (Lipinski definition) is 3. The van der Waals surface area contributed by atoms with Gasteiger partial charge in [-0.2, -0.15) is 0 Å². The second kappa shape index (κ2) is 6.21. The maximum atomic E-state index is 5.88. The molecule has 2 atom stereocenters. The van der Waals surface area contributed by atoms with Gasteiger partial charge in [-0.1, -0.05) is 18.2 Å². The van der Waals surface area contributed by atoms with Gasteiger partial charge in [-0.05, 0) is 32.3 Å². The van der Waals surface area contributed by atoms with Crippen molar-refractivity contribution in [1.82, 2.24) is 5.32 Å². The van der Waals surface area contributed by atoms with Gasteiger partial charge >= 0.3 is 0 Å². The Morgan fingerprint density at radius 2 is 2.33 bits per heavy atom. The van der Waals surface area contributed by atoms with E-state index in [1.54, 1.807) is 7.11 Å². The van der Waals surface area contributed by atoms with Crippen LogP contribution in [0.15, 0.2) is 18.2 Å². The van der Waals surface area contributed by atoms with Gasteiger partial charge in [-0.15, -0.1) is 0 Å². The van der Waals surface area contributed by atoms with Gasteiger partial charge in [0.2, 0.25) is 0 Å². The zero-order valence-corrected chi connectivity index (χ0v) is 11.5. The minimum atomic E-state index is 0.353. The Labute approximate surface area is 109 Å². The predicted octanol–water partition coefficient (Wildman–Crippen LogP) is 2.83. The van der Waals surface area contributed by atoms with Gasteiger partial charge < -0.3 is 14.8 Å². The highest BCUT2D eigenvalue weighted by atomic mass is 16.5. The standard InChI is InChI=1S/C15H23NO2/c1-11-6-4-7-13-14(16-12(2)10-17-3)8-5-9-18-15(11)13/h4,6-7,12,14,16H,5,8-10H2,1-3H3. The van der Waals surface area contributed by atoms with Crippen LogP contribution >= 0.6 is 0 Å². The summed E-state index contributed by atoms with van der Waals surface area (Å²) in [5.41, 5.74) is 2.51. The molecule has 0 saturated heterocycles. The molecule has 1 N–H and O–H groups in total. The summed E-state index contributed by atoms with van der Waals surface area (Å²) in [5, 5.41) is 3.64. The fourth-order valence-corrected chi connectivity index (χ4v) is 2.58. The lowest BCUT2D eigenvalue weighted by Gasteiger charge is -2.23. The van der Waals surface area contributed by atoms with Crippen LogP contribution in [0.3, 0.4) is 0 Å². The van der Waals surface area contributed by atoms with E-state index in [0.29, 0.717) is 12.1 Å². The molecule has 0 fully saturated rings. The first kappa shape index (κ1) is 13.4. The Balaban J connectivity index is 2.19. The zero-order valence-electron chi connectivity index (χ0n) is 11.5. The fraction of sp³-hybridized carbons (Fsp3) is 0.600. The number of methoxy groups -OCH3 is 1. The smallest absolute Gasteiger partial charge is 0.126 e. The number of aryl methyl sites for hydroxylation is 1. The number of rotatable bonds is 4. The molecule has 0 saturated carbocycles. The number of para-hydroxylation sites is 1. The maximum absolute atomic E-state index is 5.88. The minimum absolute atomic E-state index is 0.353. The Kier molecular flexibility index (Phi) is 4.61. The molecule has 18 heavy (non-hydrogen) atoms. The number of ether oxygens (including phenoxy) is 2. The van der Waals surface area contributed by atoms with Crippen molar-refractivity contribution in [3.8, 4) is 5.75 Å². The Morgan fingerprint density at radius 3 is 3.11 bits per heavy atom. The molecule has 0 amide bonds. The highest BCUT2D eigenvalue weighted by Crippen LogP contribution is 2.34. The number of fused-ring (bicyclic) bond motifs is 1. The average Bonchev–Trinajstić information content (AvgIpc) is 2.54. The van der Waals surface area contributed by atoms with E-state index in [9.17, 15) is 0 Å². The van der Waals surface area contributed by atoms with Crippen molar-refractivity contribution in [3.05, 3.63) is 29.3 Å². The lowest BCUT2D eigenvalue weighted by atomic mass is 9.99. The maximum Gasteiger partial charge on any atom is 0.126 e. The highest BCUT2D eigenvalue weighted by molar-refractivity contribution is 5.43. The normalized spacial score (nSPS) is 20.7. The molecule has 0 aliphatic carbocycles. The van der Waals surface area contributed by atoms with Crippen LogP contribution < -0.4 is 10.1 Å². The highest BCUT2D eigenvalue weighted by Gasteiger charge is 2.21. The van der Waals surface area contributed by atoms with Crippen molar-refractivity contribution < 1.29 is 9.47 Å². The molecule has 2 unspecified atom stereocenters. The lowest BCUT2D eigenvalue weighted by Crippen LogP contribution is -2.33. The molecule has 2 rings (SSSR count). The molecule has 1 aliphatic rings. The van der Waals surface area contributed by atoms with Gasteiger partial charge in [-0.25, -0.2) is 0 Å². The minimum Gasteiger partial charge on any atom is -0.493 e. The van der Waals surface area contributed by atoms with Gasteiger partial charge in [0.05, 0.1) is 13.2 Å². The largest absolute Gasteiger partial charge is 0.493 e. The SMILES string of the molecule is COCC(C)NC1CCCOc2c(C)cccc21. The lowest BCUT2D eigenvalue weighted by molar-refractivity contribution is 0.165. The molecule has 100 valence electrons. The van der Waals surface area contributed by atoms with E-state index < -0.39 is 0 Å². The zero-order chi connectivity index (χ0) is 13.0. The second-order valence-corrected chi connectivity index (χ2v) is 5.06. The molecule has 1 heterocycles. The third kappa shape index (κ3) is 3.03. The van der Waals surface area contributed by atoms with Gasteiger partial charge in [0.15, 0.2) is 0 Å². The van der Waals surface area contributed by atoms with Gasteiger partial charge in [0.1, 0.15) is 5.75 Å². The predicted molar refractivity (Wildman–Crippen MR) is 73.1 cm³/mol. The van der Waals surface area contributed by atoms with Gasteiger partial charge in [-0.3, -0.25) is 0 Å². The first-order valence-electron chi connectivity index (χ1n) is 6.69. The molecule has 0 spiro atoms. The summed E-state index contributed by atoms with van der Waals surface area (Å²) < 4.78 is 11.1. The molecule has 1 aliphatic heterocycles. The molecular formula is C15H23NO2. The van der Waals surface area contributed by atoms with Crippen LogP contribution in [0, 0.1) is 6.92 Å². The molecule has 1 aromatic carbocycles. The first-order valence-corrected chi connectivity index (χ1v) is 6.69. The van der Waals surface area contributed by atoms with Crippen LogP contribution in [0.1, 0.15) is 36.9 Å². The summed E-state index contributed by atoms with van der Waals surface area (Å²) in [6.45, 7) is 5.82. The molecule has 3 heteroatoms. The van der Waals surface area contributed by atoms with Gasteiger partial charge in [0.25, 0.3) is 0 Å². The van der Waals surface area contributed by atoms with E-state index in [4.69, 9.17) is 9.47 Å². The van der Waals surface area contributed by atoms with Crippen molar-refractivity contribution in [2.75, 3.05) is 20.3 Å². The van der Waals surface area contributed by atoms with E-state index in [2.05, 4.69) is 37.4 Å². The number of hydrogen-bond donors (Lipinski definition) is 1. The van der Waals surface area contributed by atoms with Crippen molar-refractivity contribution in [2.45, 2.75) is 38.8 Å². The first-order chi connectivity index (χ1) is 8.72. The Morgan fingerprint density at radius 1 is 1.50 bits per heavy atom. The quantitative estimate of drug-likeness (QED) is 0.890. The molecule has 0 radical (unpaired) electrons. The van der Waals surface area contributed by atoms with E-state index in [1.807, 2.05) is 0 Å². The molecule has 0 bridgehead atoms. The molecule has 3 nitrogen and oxygen atoms in total. The summed E-state index contributed by atoms with van der Waals surface area (Å²) in [6, 6.07) is 7.11. The van der Waals surface area contributed by atoms with Crippen molar-refractivity contribution in [3.63, 3.8) is 0 Å². The van der Waals surface area contributed by atoms with Crippen LogP contribution in [0.4, 0.5) is 0 Å². The van der Waals surface area contributed by atoms with Crippen LogP contribution in [0.5, 0.6) is 5.75 Å². The Hall–Kier alpha value is -1.06. The summed E-state index contributed by atoms with van der Waals surface area (Å²) in [6.07, 6.45) is 2.20. The average molecular weight is 249 g/mol. The number of nitrogens with one attached hydrogen (secondary N) is 1. The third-order valence-electron chi connectivity index (χ3n) is 3.40. The summed E-state index contributed by atoms with van der Waals surface area (Å²) in [7, 11) is 1.74. The molecule has 0 aromatic heterocycles. The number of benzene rings is 1. The summed E-state index contributed by atoms with van der Waals surface area (Å²) >= 11 is 0. The van der Waals surface area contributed by atoms with Crippen LogP contribution in [-0.4, -0.2) is 26.4 Å². The van der Waals surface area contributed by atoms with Gasteiger partial charge in [0, 0.05) is 24.8 Å². The van der Waals surface area contributed by atoms with Crippen LogP contribution in [0.2, 0.25) is 0 Å².